The van der Waals surface area contributed by atoms with E-state index in [1.54, 1.807) is 0 Å². The van der Waals surface area contributed by atoms with E-state index in [9.17, 15) is 24.0 Å². The summed E-state index contributed by atoms with van der Waals surface area (Å²) in [5.41, 5.74) is -0.708. The van der Waals surface area contributed by atoms with E-state index < -0.39 is 35.1 Å². The third-order valence-corrected chi connectivity index (χ3v) is 16.4. The number of hydrogen-bond acceptors (Lipinski definition) is 7. The van der Waals surface area contributed by atoms with Gasteiger partial charge in [0, 0.05) is 49.6 Å². The molecule has 0 aromatic carbocycles. The first-order valence-corrected chi connectivity index (χ1v) is 23.3. The first-order chi connectivity index (χ1) is 26.9. The molecule has 0 radical (unpaired) electrons. The topological polar surface area (TPSA) is 121 Å². The zero-order chi connectivity index (χ0) is 41.5. The van der Waals surface area contributed by atoms with Gasteiger partial charge < -0.3 is 10.2 Å². The molecular weight excluding hydrogens is 715 g/mol. The molecule has 2 saturated heterocycles. The quantitative estimate of drug-likeness (QED) is 0.139. The van der Waals surface area contributed by atoms with Crippen molar-refractivity contribution in [3.8, 4) is 0 Å². The Balaban J connectivity index is 1.25. The minimum atomic E-state index is -0.686. The third-order valence-electron chi connectivity index (χ3n) is 16.4. The van der Waals surface area contributed by atoms with E-state index in [0.29, 0.717) is 37.6 Å². The second-order valence-corrected chi connectivity index (χ2v) is 21.8. The van der Waals surface area contributed by atoms with Gasteiger partial charge in [-0.15, -0.1) is 0 Å². The minimum absolute atomic E-state index is 0.00964. The predicted octanol–water partition coefficient (Wildman–Crippen LogP) is 8.29. The number of hydrogen-bond donors (Lipinski definition) is 1. The lowest BCUT2D eigenvalue weighted by molar-refractivity contribution is -0.147. The van der Waals surface area contributed by atoms with E-state index in [1.807, 2.05) is 32.6 Å². The number of rotatable bonds is 18. The van der Waals surface area contributed by atoms with Crippen LogP contribution in [0.5, 0.6) is 0 Å². The Labute approximate surface area is 344 Å². The second kappa shape index (κ2) is 17.3. The van der Waals surface area contributed by atoms with Gasteiger partial charge in [-0.25, -0.2) is 0 Å². The third kappa shape index (κ3) is 8.76. The maximum atomic E-state index is 15.3. The van der Waals surface area contributed by atoms with Crippen LogP contribution in [0.15, 0.2) is 0 Å². The van der Waals surface area contributed by atoms with E-state index in [4.69, 9.17) is 0 Å². The van der Waals surface area contributed by atoms with Crippen molar-refractivity contribution in [2.45, 2.75) is 196 Å². The number of carbonyl (C=O) groups is 6. The van der Waals surface area contributed by atoms with Gasteiger partial charge in [0.05, 0.1) is 18.1 Å². The Hall–Kier alpha value is -2.42. The number of ketones is 4. The number of fused-ring (bicyclic) bond motifs is 1. The average Bonchev–Trinajstić information content (AvgIpc) is 3.96. The number of Topliss-reactive ketones (excluding diaryl/α,β-unsaturated/α-hetero) is 4. The molecule has 2 spiro atoms. The summed E-state index contributed by atoms with van der Waals surface area (Å²) in [7, 11) is 0. The molecule has 0 bridgehead atoms. The summed E-state index contributed by atoms with van der Waals surface area (Å²) in [6.45, 7) is 19.2. The fourth-order valence-corrected chi connectivity index (χ4v) is 12.5. The smallest absolute Gasteiger partial charge is 0.237 e. The van der Waals surface area contributed by atoms with Gasteiger partial charge in [0.1, 0.15) is 0 Å². The van der Waals surface area contributed by atoms with Crippen LogP contribution in [0.1, 0.15) is 177 Å². The van der Waals surface area contributed by atoms with E-state index in [1.165, 1.54) is 0 Å². The fourth-order valence-electron chi connectivity index (χ4n) is 12.5. The van der Waals surface area contributed by atoms with Crippen LogP contribution in [-0.2, 0) is 28.8 Å². The van der Waals surface area contributed by atoms with Crippen LogP contribution in [-0.4, -0.2) is 82.5 Å². The van der Waals surface area contributed by atoms with Crippen LogP contribution in [0.2, 0.25) is 0 Å². The van der Waals surface area contributed by atoms with Crippen molar-refractivity contribution in [1.82, 2.24) is 15.1 Å². The lowest BCUT2D eigenvalue weighted by Crippen LogP contribution is -2.56. The molecule has 57 heavy (non-hydrogen) atoms. The van der Waals surface area contributed by atoms with Crippen LogP contribution in [0.3, 0.4) is 0 Å². The number of amides is 2. The summed E-state index contributed by atoms with van der Waals surface area (Å²) in [6, 6.07) is -1.58. The van der Waals surface area contributed by atoms with Crippen molar-refractivity contribution in [3.63, 3.8) is 0 Å². The normalized spacial score (nSPS) is 28.8. The molecule has 0 aromatic rings. The van der Waals surface area contributed by atoms with Gasteiger partial charge in [0.25, 0.3) is 0 Å². The molecule has 9 nitrogen and oxygen atoms in total. The monoisotopic (exact) mass is 792 g/mol. The highest BCUT2D eigenvalue weighted by Gasteiger charge is 2.85. The lowest BCUT2D eigenvalue weighted by Gasteiger charge is -2.39. The Morgan fingerprint density at radius 3 is 2.04 bits per heavy atom. The summed E-state index contributed by atoms with van der Waals surface area (Å²) < 4.78 is 0. The molecule has 0 unspecified atom stereocenters. The first kappa shape index (κ1) is 44.1. The van der Waals surface area contributed by atoms with Crippen LogP contribution in [0.4, 0.5) is 0 Å². The molecule has 320 valence electrons. The van der Waals surface area contributed by atoms with Crippen molar-refractivity contribution in [2.24, 2.45) is 51.2 Å². The molecule has 2 amide bonds. The van der Waals surface area contributed by atoms with Crippen molar-refractivity contribution < 1.29 is 28.8 Å². The van der Waals surface area contributed by atoms with E-state index >= 15 is 4.79 Å². The second-order valence-electron chi connectivity index (χ2n) is 21.8. The molecule has 9 heteroatoms. The Bertz CT molecular complexity index is 1530. The Morgan fingerprint density at radius 1 is 0.807 bits per heavy atom. The van der Waals surface area contributed by atoms with Crippen LogP contribution in [0.25, 0.3) is 0 Å². The highest BCUT2D eigenvalue weighted by molar-refractivity contribution is 6.38. The zero-order valence-electron chi connectivity index (χ0n) is 37.0. The van der Waals surface area contributed by atoms with Gasteiger partial charge in [0.2, 0.25) is 17.6 Å². The molecule has 2 heterocycles. The van der Waals surface area contributed by atoms with E-state index in [2.05, 4.69) is 37.9 Å². The Kier molecular flexibility index (Phi) is 13.4. The maximum Gasteiger partial charge on any atom is 0.237 e. The number of piperidine rings is 1. The summed E-state index contributed by atoms with van der Waals surface area (Å²) >= 11 is 0. The van der Waals surface area contributed by atoms with Gasteiger partial charge in [-0.05, 0) is 105 Å². The molecule has 4 aliphatic carbocycles. The maximum absolute atomic E-state index is 15.3. The van der Waals surface area contributed by atoms with Crippen molar-refractivity contribution in [2.75, 3.05) is 19.6 Å². The summed E-state index contributed by atoms with van der Waals surface area (Å²) in [5, 5.41) is 3.31. The van der Waals surface area contributed by atoms with Crippen molar-refractivity contribution in [3.05, 3.63) is 0 Å². The molecule has 2 aliphatic heterocycles. The van der Waals surface area contributed by atoms with Crippen LogP contribution in [0, 0.1) is 51.2 Å². The lowest BCUT2D eigenvalue weighted by atomic mass is 9.73. The fraction of sp³-hybridized carbons (Fsp3) is 0.875. The molecule has 1 N–H and O–H groups in total. The van der Waals surface area contributed by atoms with Gasteiger partial charge in [-0.3, -0.25) is 33.7 Å². The zero-order valence-corrected chi connectivity index (χ0v) is 37.0. The van der Waals surface area contributed by atoms with Crippen molar-refractivity contribution in [1.29, 1.82) is 0 Å². The highest BCUT2D eigenvalue weighted by Crippen LogP contribution is 2.88. The van der Waals surface area contributed by atoms with E-state index in [0.717, 1.165) is 96.6 Å². The molecule has 4 saturated carbocycles. The summed E-state index contributed by atoms with van der Waals surface area (Å²) in [5.74, 6) is -1.74. The van der Waals surface area contributed by atoms with E-state index in [-0.39, 0.29) is 76.6 Å². The summed E-state index contributed by atoms with van der Waals surface area (Å²) in [4.78, 5) is 89.5. The SMILES string of the molecule is CCC[C@H](CC(=O)[C@@H]1C[C@@]2(CN1C(=O)[C@@H](CC(=O)[C@@H](NC(=O)[C@H]1CCCCN1CC(C)C)C1CCCCC1)C(C)(C)C)C(C)(C)C21CCC1)C(=O)C(=O)CC1CC1. The number of carbonyl (C=O) groups excluding carboxylic acids is 6. The molecule has 6 aliphatic rings. The van der Waals surface area contributed by atoms with Crippen molar-refractivity contribution >= 4 is 34.9 Å². The first-order valence-electron chi connectivity index (χ1n) is 23.3. The molecular formula is C48H77N3O6. The number of nitrogens with one attached hydrogen (secondary N) is 1. The standard InChI is InChI=1S/C48H77N3O6/c1-9-16-34(42(55)40(54)25-32-20-21-32)26-38(52)37-28-48(46(7,8)47(48)22-15-23-47)30-51(37)44(57)35(45(4,5)6)27-39(53)41(33-17-11-10-12-18-33)49-43(56)36-19-13-14-24-50(36)29-31(2)3/h31-37,41H,9-30H2,1-8H3,(H,49,56)/t34-,35-,36-,37+,41+,48-/m1/s1. The predicted molar refractivity (Wildman–Crippen MR) is 223 cm³/mol. The van der Waals surface area contributed by atoms with Gasteiger partial charge in [-0.2, -0.15) is 0 Å². The van der Waals surface area contributed by atoms with Gasteiger partial charge in [0.15, 0.2) is 17.3 Å². The summed E-state index contributed by atoms with van der Waals surface area (Å²) in [6.07, 6.45) is 15.1. The molecule has 6 rings (SSSR count). The number of nitrogens with zero attached hydrogens (tertiary/aromatic N) is 2. The van der Waals surface area contributed by atoms with Gasteiger partial charge >= 0.3 is 0 Å². The van der Waals surface area contributed by atoms with Gasteiger partial charge in [-0.1, -0.05) is 93.9 Å². The number of likely N-dealkylation sites (tertiary alicyclic amines) is 2. The Morgan fingerprint density at radius 2 is 1.47 bits per heavy atom. The highest BCUT2D eigenvalue weighted by atomic mass is 16.2. The van der Waals surface area contributed by atoms with Crippen LogP contribution >= 0.6 is 0 Å². The molecule has 6 atom stereocenters. The molecule has 6 fully saturated rings. The largest absolute Gasteiger partial charge is 0.345 e. The molecule has 0 aromatic heterocycles. The van der Waals surface area contributed by atoms with Crippen LogP contribution < -0.4 is 5.32 Å². The average molecular weight is 792 g/mol. The minimum Gasteiger partial charge on any atom is -0.345 e.